The van der Waals surface area contributed by atoms with Crippen LogP contribution in [0.2, 0.25) is 0 Å². The normalized spacial score (nSPS) is 14.4. The molecule has 0 aliphatic heterocycles. The molecule has 0 amide bonds. The van der Waals surface area contributed by atoms with Crippen LogP contribution in [0, 0.1) is 5.92 Å². The van der Waals surface area contributed by atoms with Gasteiger partial charge in [0.25, 0.3) is 0 Å². The number of unbranched alkanes of at least 4 members (excludes halogenated alkanes) is 1. The van der Waals surface area contributed by atoms with Gasteiger partial charge in [-0.05, 0) is 17.9 Å². The lowest BCUT2D eigenvalue weighted by molar-refractivity contribution is -0.123. The molecule has 1 heteroatoms. The number of rotatable bonds is 6. The Hall–Kier alpha value is -1.11. The summed E-state index contributed by atoms with van der Waals surface area (Å²) >= 11 is 0. The van der Waals surface area contributed by atoms with Crippen LogP contribution in [-0.2, 0) is 4.79 Å². The van der Waals surface area contributed by atoms with E-state index in [4.69, 9.17) is 0 Å². The number of benzene rings is 1. The van der Waals surface area contributed by atoms with E-state index in [2.05, 4.69) is 32.9 Å². The monoisotopic (exact) mass is 218 g/mol. The Morgan fingerprint density at radius 1 is 1.19 bits per heavy atom. The second-order valence-corrected chi connectivity index (χ2v) is 4.56. The minimum Gasteiger partial charge on any atom is -0.299 e. The molecule has 1 nitrogen and oxygen atoms in total. The fourth-order valence-corrected chi connectivity index (χ4v) is 1.90. The van der Waals surface area contributed by atoms with Gasteiger partial charge in [0.2, 0.25) is 0 Å². The van der Waals surface area contributed by atoms with Gasteiger partial charge >= 0.3 is 0 Å². The molecule has 0 N–H and O–H groups in total. The summed E-state index contributed by atoms with van der Waals surface area (Å²) < 4.78 is 0. The van der Waals surface area contributed by atoms with Gasteiger partial charge in [-0.3, -0.25) is 4.79 Å². The lowest BCUT2D eigenvalue weighted by atomic mass is 9.85. The van der Waals surface area contributed by atoms with Crippen molar-refractivity contribution in [2.24, 2.45) is 5.92 Å². The summed E-state index contributed by atoms with van der Waals surface area (Å²) in [7, 11) is 0. The summed E-state index contributed by atoms with van der Waals surface area (Å²) in [5, 5.41) is 0. The fourth-order valence-electron chi connectivity index (χ4n) is 1.90. The molecule has 0 spiro atoms. The maximum atomic E-state index is 11.9. The van der Waals surface area contributed by atoms with E-state index in [1.165, 1.54) is 5.56 Å². The van der Waals surface area contributed by atoms with Crippen molar-refractivity contribution in [2.75, 3.05) is 0 Å². The number of carbonyl (C=O) groups is 1. The van der Waals surface area contributed by atoms with Gasteiger partial charge in [-0.1, -0.05) is 57.5 Å². The fraction of sp³-hybridized carbons (Fsp3) is 0.533. The van der Waals surface area contributed by atoms with E-state index in [-0.39, 0.29) is 5.92 Å². The predicted molar refractivity (Wildman–Crippen MR) is 68.6 cm³/mol. The van der Waals surface area contributed by atoms with Crippen LogP contribution in [0.3, 0.4) is 0 Å². The zero-order valence-corrected chi connectivity index (χ0v) is 10.6. The van der Waals surface area contributed by atoms with E-state index >= 15 is 0 Å². The van der Waals surface area contributed by atoms with Gasteiger partial charge in [0.05, 0.1) is 0 Å². The lowest BCUT2D eigenvalue weighted by Crippen LogP contribution is -2.17. The lowest BCUT2D eigenvalue weighted by Gasteiger charge is -2.19. The Bertz CT molecular complexity index is 315. The van der Waals surface area contributed by atoms with Crippen molar-refractivity contribution in [3.8, 4) is 0 Å². The van der Waals surface area contributed by atoms with Crippen molar-refractivity contribution >= 4 is 5.78 Å². The van der Waals surface area contributed by atoms with E-state index in [1.807, 2.05) is 18.2 Å². The molecule has 0 fully saturated rings. The SMILES string of the molecule is CCCCC(=O)[C@@H](C)[C@@H](C)c1ccccc1. The zero-order valence-electron chi connectivity index (χ0n) is 10.6. The highest BCUT2D eigenvalue weighted by Crippen LogP contribution is 2.25. The number of Topliss-reactive ketones (excluding diaryl/α,β-unsaturated/α-hetero) is 1. The predicted octanol–water partition coefficient (Wildman–Crippen LogP) is 4.19. The molecule has 16 heavy (non-hydrogen) atoms. The summed E-state index contributed by atoms with van der Waals surface area (Å²) in [5.74, 6) is 0.859. The van der Waals surface area contributed by atoms with Crippen LogP contribution in [0.5, 0.6) is 0 Å². The van der Waals surface area contributed by atoms with Gasteiger partial charge < -0.3 is 0 Å². The first-order valence-electron chi connectivity index (χ1n) is 6.24. The number of hydrogen-bond acceptors (Lipinski definition) is 1. The van der Waals surface area contributed by atoms with Crippen LogP contribution in [-0.4, -0.2) is 5.78 Å². The molecule has 0 saturated heterocycles. The molecular formula is C15H22O. The van der Waals surface area contributed by atoms with E-state index in [9.17, 15) is 4.79 Å². The van der Waals surface area contributed by atoms with E-state index in [0.29, 0.717) is 11.7 Å². The van der Waals surface area contributed by atoms with Gasteiger partial charge in [-0.15, -0.1) is 0 Å². The Morgan fingerprint density at radius 2 is 1.81 bits per heavy atom. The van der Waals surface area contributed by atoms with Gasteiger partial charge in [0.1, 0.15) is 5.78 Å². The minimum absolute atomic E-state index is 0.133. The smallest absolute Gasteiger partial charge is 0.136 e. The largest absolute Gasteiger partial charge is 0.299 e. The second kappa shape index (κ2) is 6.47. The van der Waals surface area contributed by atoms with Crippen molar-refractivity contribution in [1.29, 1.82) is 0 Å². The third-order valence-electron chi connectivity index (χ3n) is 3.36. The molecule has 0 heterocycles. The summed E-state index contributed by atoms with van der Waals surface area (Å²) in [6.45, 7) is 6.32. The van der Waals surface area contributed by atoms with E-state index in [1.54, 1.807) is 0 Å². The average Bonchev–Trinajstić information content (AvgIpc) is 2.35. The van der Waals surface area contributed by atoms with Crippen molar-refractivity contribution in [3.05, 3.63) is 35.9 Å². The van der Waals surface area contributed by atoms with Crippen LogP contribution >= 0.6 is 0 Å². The molecular weight excluding hydrogens is 196 g/mol. The summed E-state index contributed by atoms with van der Waals surface area (Å²) in [4.78, 5) is 11.9. The first kappa shape index (κ1) is 13.0. The Kier molecular flexibility index (Phi) is 5.24. The number of carbonyl (C=O) groups excluding carboxylic acids is 1. The van der Waals surface area contributed by atoms with Crippen LogP contribution in [0.15, 0.2) is 30.3 Å². The quantitative estimate of drug-likeness (QED) is 0.700. The summed E-state index contributed by atoms with van der Waals surface area (Å²) in [6.07, 6.45) is 2.84. The summed E-state index contributed by atoms with van der Waals surface area (Å²) in [6, 6.07) is 10.3. The highest BCUT2D eigenvalue weighted by molar-refractivity contribution is 5.81. The zero-order chi connectivity index (χ0) is 12.0. The van der Waals surface area contributed by atoms with E-state index < -0.39 is 0 Å². The maximum absolute atomic E-state index is 11.9. The molecule has 0 aliphatic carbocycles. The Labute approximate surface area is 98.9 Å². The molecule has 0 saturated carbocycles. The molecule has 0 bridgehead atoms. The number of ketones is 1. The molecule has 0 aromatic heterocycles. The molecule has 1 rings (SSSR count). The first-order valence-corrected chi connectivity index (χ1v) is 6.24. The van der Waals surface area contributed by atoms with Crippen LogP contribution in [0.25, 0.3) is 0 Å². The Balaban J connectivity index is 2.60. The average molecular weight is 218 g/mol. The first-order chi connectivity index (χ1) is 7.66. The van der Waals surface area contributed by atoms with Crippen molar-refractivity contribution in [2.45, 2.75) is 46.0 Å². The second-order valence-electron chi connectivity index (χ2n) is 4.56. The maximum Gasteiger partial charge on any atom is 0.136 e. The van der Waals surface area contributed by atoms with Crippen molar-refractivity contribution < 1.29 is 4.79 Å². The topological polar surface area (TPSA) is 17.1 Å². The molecule has 0 aliphatic rings. The minimum atomic E-state index is 0.133. The summed E-state index contributed by atoms with van der Waals surface area (Å²) in [5.41, 5.74) is 1.26. The molecule has 1 aromatic rings. The Morgan fingerprint density at radius 3 is 2.38 bits per heavy atom. The third-order valence-corrected chi connectivity index (χ3v) is 3.36. The third kappa shape index (κ3) is 3.48. The molecule has 0 radical (unpaired) electrons. The van der Waals surface area contributed by atoms with Gasteiger partial charge in [0, 0.05) is 12.3 Å². The standard InChI is InChI=1S/C15H22O/c1-4-5-11-15(16)13(3)12(2)14-9-7-6-8-10-14/h6-10,12-13H,4-5,11H2,1-3H3/t12-,13+/m1/s1. The van der Waals surface area contributed by atoms with Crippen LogP contribution in [0.1, 0.15) is 51.5 Å². The molecule has 88 valence electrons. The van der Waals surface area contributed by atoms with Crippen molar-refractivity contribution in [1.82, 2.24) is 0 Å². The van der Waals surface area contributed by atoms with Crippen LogP contribution in [0.4, 0.5) is 0 Å². The van der Waals surface area contributed by atoms with Gasteiger partial charge in [0.15, 0.2) is 0 Å². The number of hydrogen-bond donors (Lipinski definition) is 0. The van der Waals surface area contributed by atoms with Crippen molar-refractivity contribution in [3.63, 3.8) is 0 Å². The van der Waals surface area contributed by atoms with E-state index in [0.717, 1.165) is 19.3 Å². The molecule has 0 unspecified atom stereocenters. The highest BCUT2D eigenvalue weighted by Gasteiger charge is 2.20. The highest BCUT2D eigenvalue weighted by atomic mass is 16.1. The van der Waals surface area contributed by atoms with Gasteiger partial charge in [-0.25, -0.2) is 0 Å². The molecule has 1 aromatic carbocycles. The van der Waals surface area contributed by atoms with Crippen LogP contribution < -0.4 is 0 Å². The van der Waals surface area contributed by atoms with Gasteiger partial charge in [-0.2, -0.15) is 0 Å². The molecule has 2 atom stereocenters.